The van der Waals surface area contributed by atoms with E-state index >= 15 is 0 Å². The Labute approximate surface area is 147 Å². The van der Waals surface area contributed by atoms with Crippen LogP contribution in [0.4, 0.5) is 0 Å². The van der Waals surface area contributed by atoms with Gasteiger partial charge in [-0.15, -0.1) is 0 Å². The lowest BCUT2D eigenvalue weighted by Gasteiger charge is -2.24. The highest BCUT2D eigenvalue weighted by Gasteiger charge is 2.20. The Bertz CT molecular complexity index is 734. The molecule has 0 saturated heterocycles. The predicted octanol–water partition coefficient (Wildman–Crippen LogP) is 3.01. The molecule has 1 aromatic heterocycles. The molecule has 25 heavy (non-hydrogen) atoms. The molecule has 2 aromatic rings. The number of aliphatic hydroxyl groups is 1. The number of fused-ring (bicyclic) bond motifs is 1. The number of H-pyrrole nitrogens is 1. The van der Waals surface area contributed by atoms with Crippen LogP contribution in [-0.2, 0) is 4.74 Å². The van der Waals surface area contributed by atoms with E-state index in [4.69, 9.17) is 4.74 Å². The summed E-state index contributed by atoms with van der Waals surface area (Å²) in [7, 11) is 0. The Morgan fingerprint density at radius 2 is 2.12 bits per heavy atom. The topological polar surface area (TPSA) is 94.6 Å². The van der Waals surface area contributed by atoms with Crippen LogP contribution in [0.1, 0.15) is 61.2 Å². The van der Waals surface area contributed by atoms with Gasteiger partial charge in [-0.2, -0.15) is 0 Å². The van der Waals surface area contributed by atoms with Crippen molar-refractivity contribution >= 4 is 16.9 Å². The number of nitrogens with one attached hydrogen (secondary N) is 2. The number of phenolic OH excluding ortho intramolecular Hbond substituents is 1. The number of rotatable bonds is 6. The number of ether oxygens (including phenoxy) is 1. The Hall–Kier alpha value is -2.05. The smallest absolute Gasteiger partial charge is 0.354 e. The molecule has 0 bridgehead atoms. The van der Waals surface area contributed by atoms with E-state index in [1.807, 2.05) is 0 Å². The van der Waals surface area contributed by atoms with Crippen molar-refractivity contribution in [1.82, 2.24) is 10.3 Å². The minimum absolute atomic E-state index is 0.0433. The van der Waals surface area contributed by atoms with Crippen molar-refractivity contribution in [2.24, 2.45) is 0 Å². The largest absolute Gasteiger partial charge is 0.506 e. The standard InChI is InChI=1S/C19H26N2O4/c1-2-25-19(24)15-10-14-13(8-9-16(22)18(14)21-15)17(23)11-20-12-6-4-3-5-7-12/h8-10,12,17,20-23H,2-7,11H2,1H3. The molecular weight excluding hydrogens is 320 g/mol. The number of carbonyl (C=O) groups is 1. The molecule has 6 nitrogen and oxygen atoms in total. The number of hydrogen-bond donors (Lipinski definition) is 4. The molecule has 1 unspecified atom stereocenters. The molecule has 1 aliphatic rings. The second-order valence-electron chi connectivity index (χ2n) is 6.63. The fourth-order valence-electron chi connectivity index (χ4n) is 3.53. The van der Waals surface area contributed by atoms with Gasteiger partial charge in [0.15, 0.2) is 0 Å². The summed E-state index contributed by atoms with van der Waals surface area (Å²) in [6.07, 6.45) is 5.34. The minimum Gasteiger partial charge on any atom is -0.506 e. The number of carbonyl (C=O) groups excluding carboxylic acids is 1. The van der Waals surface area contributed by atoms with Crippen molar-refractivity contribution < 1.29 is 19.7 Å². The molecule has 6 heteroatoms. The van der Waals surface area contributed by atoms with Gasteiger partial charge in [-0.1, -0.05) is 25.3 Å². The van der Waals surface area contributed by atoms with E-state index in [0.717, 1.165) is 12.8 Å². The van der Waals surface area contributed by atoms with Crippen LogP contribution in [0.25, 0.3) is 10.9 Å². The highest BCUT2D eigenvalue weighted by Crippen LogP contribution is 2.31. The lowest BCUT2D eigenvalue weighted by Crippen LogP contribution is -2.34. The first-order valence-corrected chi connectivity index (χ1v) is 9.03. The zero-order chi connectivity index (χ0) is 17.8. The minimum atomic E-state index is -0.712. The zero-order valence-corrected chi connectivity index (χ0v) is 14.5. The lowest BCUT2D eigenvalue weighted by molar-refractivity contribution is 0.0520. The van der Waals surface area contributed by atoms with Crippen molar-refractivity contribution in [2.45, 2.75) is 51.2 Å². The Morgan fingerprint density at radius 1 is 1.36 bits per heavy atom. The van der Waals surface area contributed by atoms with Crippen LogP contribution >= 0.6 is 0 Å². The highest BCUT2D eigenvalue weighted by atomic mass is 16.5. The normalized spacial score (nSPS) is 16.9. The van der Waals surface area contributed by atoms with Gasteiger partial charge in [0.2, 0.25) is 0 Å². The summed E-state index contributed by atoms with van der Waals surface area (Å²) < 4.78 is 5.00. The summed E-state index contributed by atoms with van der Waals surface area (Å²) in [5.41, 5.74) is 1.40. The van der Waals surface area contributed by atoms with Gasteiger partial charge in [0.25, 0.3) is 0 Å². The number of benzene rings is 1. The van der Waals surface area contributed by atoms with Crippen LogP contribution < -0.4 is 5.32 Å². The summed E-state index contributed by atoms with van der Waals surface area (Å²) in [6.45, 7) is 2.47. The number of esters is 1. The molecule has 4 N–H and O–H groups in total. The first-order chi connectivity index (χ1) is 12.1. The molecule has 0 amide bonds. The zero-order valence-electron chi connectivity index (χ0n) is 14.5. The lowest BCUT2D eigenvalue weighted by atomic mass is 9.95. The molecule has 1 aromatic carbocycles. The summed E-state index contributed by atoms with van der Waals surface area (Å²) in [5.74, 6) is -0.430. The third kappa shape index (κ3) is 3.96. The second kappa shape index (κ2) is 7.89. The third-order valence-corrected chi connectivity index (χ3v) is 4.86. The molecule has 0 aliphatic heterocycles. The molecule has 1 fully saturated rings. The monoisotopic (exact) mass is 346 g/mol. The van der Waals surface area contributed by atoms with Crippen molar-refractivity contribution in [3.05, 3.63) is 29.5 Å². The fourth-order valence-corrected chi connectivity index (χ4v) is 3.53. The van der Waals surface area contributed by atoms with E-state index in [1.54, 1.807) is 19.1 Å². The number of aromatic nitrogens is 1. The molecular formula is C19H26N2O4. The number of aromatic hydroxyl groups is 1. The maximum atomic E-state index is 11.9. The molecule has 1 saturated carbocycles. The number of phenols is 1. The number of aromatic amines is 1. The van der Waals surface area contributed by atoms with Gasteiger partial charge in [-0.25, -0.2) is 4.79 Å². The maximum Gasteiger partial charge on any atom is 0.354 e. The summed E-state index contributed by atoms with van der Waals surface area (Å²) >= 11 is 0. The van der Waals surface area contributed by atoms with Crippen molar-refractivity contribution in [3.8, 4) is 5.75 Å². The van der Waals surface area contributed by atoms with Crippen LogP contribution in [-0.4, -0.2) is 40.4 Å². The van der Waals surface area contributed by atoms with Crippen LogP contribution in [0.2, 0.25) is 0 Å². The predicted molar refractivity (Wildman–Crippen MR) is 95.8 cm³/mol. The van der Waals surface area contributed by atoms with E-state index < -0.39 is 12.1 Å². The maximum absolute atomic E-state index is 11.9. The van der Waals surface area contributed by atoms with Gasteiger partial charge in [-0.05, 0) is 37.5 Å². The average molecular weight is 346 g/mol. The van der Waals surface area contributed by atoms with Gasteiger partial charge >= 0.3 is 5.97 Å². The molecule has 0 radical (unpaired) electrons. The van der Waals surface area contributed by atoms with Crippen molar-refractivity contribution in [3.63, 3.8) is 0 Å². The Morgan fingerprint density at radius 3 is 2.84 bits per heavy atom. The first kappa shape index (κ1) is 17.8. The SMILES string of the molecule is CCOC(=O)c1cc2c(C(O)CNC3CCCCC3)ccc(O)c2[nH]1. The second-order valence-corrected chi connectivity index (χ2v) is 6.63. The van der Waals surface area contributed by atoms with Crippen molar-refractivity contribution in [1.29, 1.82) is 0 Å². The van der Waals surface area contributed by atoms with Gasteiger partial charge in [0.05, 0.1) is 18.2 Å². The molecule has 3 rings (SSSR count). The Kier molecular flexibility index (Phi) is 5.60. The highest BCUT2D eigenvalue weighted by molar-refractivity contribution is 5.98. The van der Waals surface area contributed by atoms with Crippen LogP contribution in [0.15, 0.2) is 18.2 Å². The molecule has 1 heterocycles. The quantitative estimate of drug-likeness (QED) is 0.603. The van der Waals surface area contributed by atoms with Gasteiger partial charge < -0.3 is 25.3 Å². The van der Waals surface area contributed by atoms with E-state index in [-0.39, 0.29) is 18.1 Å². The first-order valence-electron chi connectivity index (χ1n) is 9.03. The van der Waals surface area contributed by atoms with Gasteiger partial charge in [0, 0.05) is 18.0 Å². The Balaban J connectivity index is 1.80. The van der Waals surface area contributed by atoms with Crippen molar-refractivity contribution in [2.75, 3.05) is 13.2 Å². The van der Waals surface area contributed by atoms with Crippen LogP contribution in [0.3, 0.4) is 0 Å². The van der Waals surface area contributed by atoms with E-state index in [2.05, 4.69) is 10.3 Å². The van der Waals surface area contributed by atoms with E-state index in [9.17, 15) is 15.0 Å². The average Bonchev–Trinajstić information content (AvgIpc) is 3.07. The third-order valence-electron chi connectivity index (χ3n) is 4.86. The number of hydrogen-bond acceptors (Lipinski definition) is 5. The van der Waals surface area contributed by atoms with E-state index in [0.29, 0.717) is 29.1 Å². The number of aliphatic hydroxyl groups excluding tert-OH is 1. The molecule has 0 spiro atoms. The summed E-state index contributed by atoms with van der Waals surface area (Å²) in [4.78, 5) is 14.8. The molecule has 1 aliphatic carbocycles. The fraction of sp³-hybridized carbons (Fsp3) is 0.526. The summed E-state index contributed by atoms with van der Waals surface area (Å²) in [6, 6.07) is 5.32. The molecule has 136 valence electrons. The van der Waals surface area contributed by atoms with Gasteiger partial charge in [-0.3, -0.25) is 0 Å². The van der Waals surface area contributed by atoms with E-state index in [1.165, 1.54) is 25.3 Å². The van der Waals surface area contributed by atoms with Gasteiger partial charge in [0.1, 0.15) is 11.4 Å². The van der Waals surface area contributed by atoms with Crippen LogP contribution in [0.5, 0.6) is 5.75 Å². The van der Waals surface area contributed by atoms with Crippen LogP contribution in [0, 0.1) is 0 Å². The molecule has 1 atom stereocenters. The summed E-state index contributed by atoms with van der Waals surface area (Å²) in [5, 5.41) is 24.7.